The van der Waals surface area contributed by atoms with Crippen LogP contribution in [0.5, 0.6) is 0 Å². The van der Waals surface area contributed by atoms with E-state index in [1.807, 2.05) is 25.1 Å². The first-order chi connectivity index (χ1) is 14.4. The summed E-state index contributed by atoms with van der Waals surface area (Å²) in [6.45, 7) is 4.02. The number of hydrogen-bond donors (Lipinski definition) is 1. The molecule has 0 unspecified atom stereocenters. The molecule has 0 saturated carbocycles. The predicted molar refractivity (Wildman–Crippen MR) is 109 cm³/mol. The number of hydrogen-bond acceptors (Lipinski definition) is 3. The number of carbonyl (C=O) groups excluding carboxylic acids is 2. The number of ether oxygens (including phenoxy) is 1. The van der Waals surface area contributed by atoms with Gasteiger partial charge in [0, 0.05) is 23.6 Å². The molecule has 0 fully saturated rings. The largest absolute Gasteiger partial charge is 0.462 e. The number of amides is 1. The molecule has 0 radical (unpaired) electrons. The molecule has 1 aliphatic rings. The molecule has 1 N–H and O–H groups in total. The average Bonchev–Trinajstić information content (AvgIpc) is 2.98. The van der Waals surface area contributed by atoms with Crippen LogP contribution in [-0.4, -0.2) is 34.9 Å². The lowest BCUT2D eigenvalue weighted by Crippen LogP contribution is -2.29. The van der Waals surface area contributed by atoms with Gasteiger partial charge in [0.1, 0.15) is 11.6 Å². The van der Waals surface area contributed by atoms with Crippen molar-refractivity contribution in [2.45, 2.75) is 20.3 Å². The SMILES string of the molecule is CCOC(=O)C1=CN(C(=O)c2cc(F)ccc2F)CCc2c1[nH]c1c(C)cccc21. The number of H-pyrrole nitrogens is 1. The minimum atomic E-state index is -0.823. The minimum absolute atomic E-state index is 0.164. The van der Waals surface area contributed by atoms with Gasteiger partial charge in [-0.25, -0.2) is 13.6 Å². The van der Waals surface area contributed by atoms with Gasteiger partial charge in [0.25, 0.3) is 5.91 Å². The van der Waals surface area contributed by atoms with E-state index in [2.05, 4.69) is 4.98 Å². The van der Waals surface area contributed by atoms with E-state index in [0.29, 0.717) is 12.1 Å². The maximum absolute atomic E-state index is 14.2. The Labute approximate surface area is 171 Å². The summed E-state index contributed by atoms with van der Waals surface area (Å²) in [7, 11) is 0. The Hall–Kier alpha value is -3.48. The summed E-state index contributed by atoms with van der Waals surface area (Å²) in [6.07, 6.45) is 1.79. The Balaban J connectivity index is 1.84. The topological polar surface area (TPSA) is 62.4 Å². The van der Waals surface area contributed by atoms with Crippen molar-refractivity contribution in [3.63, 3.8) is 0 Å². The lowest BCUT2D eigenvalue weighted by molar-refractivity contribution is -0.136. The van der Waals surface area contributed by atoms with Gasteiger partial charge < -0.3 is 14.6 Å². The number of esters is 1. The summed E-state index contributed by atoms with van der Waals surface area (Å²) in [5.74, 6) is -2.85. The first kappa shape index (κ1) is 19.8. The molecule has 30 heavy (non-hydrogen) atoms. The van der Waals surface area contributed by atoms with Gasteiger partial charge in [-0.1, -0.05) is 18.2 Å². The normalized spacial score (nSPS) is 13.6. The summed E-state index contributed by atoms with van der Waals surface area (Å²) in [5, 5.41) is 0.950. The maximum atomic E-state index is 14.2. The number of aromatic amines is 1. The molecular formula is C23H20F2N2O3. The number of para-hydroxylation sites is 1. The summed E-state index contributed by atoms with van der Waals surface area (Å²) in [5.41, 5.74) is 3.17. The molecule has 0 atom stereocenters. The lowest BCUT2D eigenvalue weighted by Gasteiger charge is -2.18. The third-order valence-corrected chi connectivity index (χ3v) is 5.22. The zero-order valence-corrected chi connectivity index (χ0v) is 16.6. The molecule has 1 aromatic heterocycles. The van der Waals surface area contributed by atoms with Crippen LogP contribution in [0.15, 0.2) is 42.6 Å². The van der Waals surface area contributed by atoms with Gasteiger partial charge >= 0.3 is 5.97 Å². The highest BCUT2D eigenvalue weighted by molar-refractivity contribution is 6.18. The standard InChI is InChI=1S/C23H20F2N2O3/c1-3-30-23(29)18-12-27(22(28)17-11-14(24)7-8-19(17)25)10-9-16-15-6-4-5-13(2)20(15)26-21(16)18/h4-8,11-12,26H,3,9-10H2,1-2H3. The van der Waals surface area contributed by atoms with Crippen LogP contribution in [0.3, 0.4) is 0 Å². The number of fused-ring (bicyclic) bond motifs is 3. The van der Waals surface area contributed by atoms with Crippen molar-refractivity contribution in [1.29, 1.82) is 0 Å². The number of nitrogens with one attached hydrogen (secondary N) is 1. The van der Waals surface area contributed by atoms with Crippen LogP contribution in [0.4, 0.5) is 8.78 Å². The highest BCUT2D eigenvalue weighted by Gasteiger charge is 2.29. The number of aryl methyl sites for hydroxylation is 1. The van der Waals surface area contributed by atoms with Crippen LogP contribution in [-0.2, 0) is 16.0 Å². The zero-order chi connectivity index (χ0) is 21.4. The van der Waals surface area contributed by atoms with Crippen LogP contribution < -0.4 is 0 Å². The van der Waals surface area contributed by atoms with Crippen molar-refractivity contribution in [2.24, 2.45) is 0 Å². The van der Waals surface area contributed by atoms with Gasteiger partial charge in [-0.3, -0.25) is 4.79 Å². The first-order valence-electron chi connectivity index (χ1n) is 9.66. The molecule has 0 saturated heterocycles. The number of carbonyl (C=O) groups is 2. The maximum Gasteiger partial charge on any atom is 0.341 e. The van der Waals surface area contributed by atoms with E-state index >= 15 is 0 Å². The fourth-order valence-electron chi connectivity index (χ4n) is 3.77. The number of halogens is 2. The summed E-state index contributed by atoms with van der Waals surface area (Å²) < 4.78 is 33.0. The minimum Gasteiger partial charge on any atom is -0.462 e. The molecule has 2 aromatic carbocycles. The van der Waals surface area contributed by atoms with Crippen LogP contribution in [0.25, 0.3) is 16.5 Å². The fourth-order valence-corrected chi connectivity index (χ4v) is 3.77. The Morgan fingerprint density at radius 1 is 1.20 bits per heavy atom. The smallest absolute Gasteiger partial charge is 0.341 e. The van der Waals surface area contributed by atoms with E-state index in [1.54, 1.807) is 6.92 Å². The second kappa shape index (κ2) is 7.74. The Kier molecular flexibility index (Phi) is 5.11. The molecule has 154 valence electrons. The molecule has 1 aliphatic heterocycles. The van der Waals surface area contributed by atoms with Gasteiger partial charge in [0.05, 0.1) is 23.4 Å². The first-order valence-corrected chi connectivity index (χ1v) is 9.66. The second-order valence-corrected chi connectivity index (χ2v) is 7.11. The Morgan fingerprint density at radius 3 is 2.77 bits per heavy atom. The van der Waals surface area contributed by atoms with Crippen molar-refractivity contribution < 1.29 is 23.1 Å². The van der Waals surface area contributed by atoms with Gasteiger partial charge in [-0.15, -0.1) is 0 Å². The summed E-state index contributed by atoms with van der Waals surface area (Å²) in [6, 6.07) is 8.56. The molecule has 0 spiro atoms. The molecule has 7 heteroatoms. The number of nitrogens with zero attached hydrogens (tertiary/aromatic N) is 1. The molecule has 0 aliphatic carbocycles. The van der Waals surface area contributed by atoms with Gasteiger partial charge in [0.2, 0.25) is 0 Å². The average molecular weight is 410 g/mol. The summed E-state index contributed by atoms with van der Waals surface area (Å²) in [4.78, 5) is 30.2. The third kappa shape index (κ3) is 3.36. The molecule has 3 aromatic rings. The van der Waals surface area contributed by atoms with Crippen molar-refractivity contribution >= 4 is 28.4 Å². The van der Waals surface area contributed by atoms with E-state index in [1.165, 1.54) is 11.1 Å². The van der Waals surface area contributed by atoms with E-state index in [0.717, 1.165) is 40.2 Å². The third-order valence-electron chi connectivity index (χ3n) is 5.22. The van der Waals surface area contributed by atoms with E-state index in [4.69, 9.17) is 4.74 Å². The molecular weight excluding hydrogens is 390 g/mol. The number of rotatable bonds is 3. The van der Waals surface area contributed by atoms with Crippen LogP contribution in [0.1, 0.15) is 34.1 Å². The Bertz CT molecular complexity index is 1200. The van der Waals surface area contributed by atoms with Crippen molar-refractivity contribution in [3.8, 4) is 0 Å². The summed E-state index contributed by atoms with van der Waals surface area (Å²) >= 11 is 0. The zero-order valence-electron chi connectivity index (χ0n) is 16.6. The molecule has 0 bridgehead atoms. The molecule has 1 amide bonds. The van der Waals surface area contributed by atoms with Crippen molar-refractivity contribution in [2.75, 3.05) is 13.2 Å². The van der Waals surface area contributed by atoms with Gasteiger partial charge in [-0.05, 0) is 49.6 Å². The van der Waals surface area contributed by atoms with Gasteiger partial charge in [0.15, 0.2) is 0 Å². The lowest BCUT2D eigenvalue weighted by atomic mass is 10.0. The van der Waals surface area contributed by atoms with Crippen LogP contribution >= 0.6 is 0 Å². The number of benzene rings is 2. The van der Waals surface area contributed by atoms with Crippen LogP contribution in [0, 0.1) is 18.6 Å². The highest BCUT2D eigenvalue weighted by Crippen LogP contribution is 2.33. The van der Waals surface area contributed by atoms with E-state index in [9.17, 15) is 18.4 Å². The fraction of sp³-hybridized carbons (Fsp3) is 0.217. The molecule has 4 rings (SSSR count). The van der Waals surface area contributed by atoms with E-state index in [-0.39, 0.29) is 24.3 Å². The molecule has 5 nitrogen and oxygen atoms in total. The molecule has 2 heterocycles. The van der Waals surface area contributed by atoms with Crippen molar-refractivity contribution in [1.82, 2.24) is 9.88 Å². The number of aromatic nitrogens is 1. The van der Waals surface area contributed by atoms with E-state index < -0.39 is 23.5 Å². The predicted octanol–water partition coefficient (Wildman–Crippen LogP) is 4.36. The second-order valence-electron chi connectivity index (χ2n) is 7.11. The monoisotopic (exact) mass is 410 g/mol. The van der Waals surface area contributed by atoms with Gasteiger partial charge in [-0.2, -0.15) is 0 Å². The van der Waals surface area contributed by atoms with Crippen molar-refractivity contribution in [3.05, 3.63) is 76.6 Å². The van der Waals surface area contributed by atoms with Crippen LogP contribution in [0.2, 0.25) is 0 Å². The quantitative estimate of drug-likeness (QED) is 0.653. The highest BCUT2D eigenvalue weighted by atomic mass is 19.1. The Morgan fingerprint density at radius 2 is 2.00 bits per heavy atom.